The third-order valence-corrected chi connectivity index (χ3v) is 2.72. The first-order valence-electron chi connectivity index (χ1n) is 6.34. The second-order valence-electron chi connectivity index (χ2n) is 4.63. The highest BCUT2D eigenvalue weighted by atomic mass is 35.5. The monoisotopic (exact) mass is 315 g/mol. The van der Waals surface area contributed by atoms with Gasteiger partial charge in [-0.1, -0.05) is 11.6 Å². The fraction of sp³-hybridized carbons (Fsp3) is 0.429. The van der Waals surface area contributed by atoms with E-state index < -0.39 is 17.9 Å². The maximum Gasteiger partial charge on any atom is 0.328 e. The zero-order valence-corrected chi connectivity index (χ0v) is 12.8. The van der Waals surface area contributed by atoms with Crippen molar-refractivity contribution in [2.24, 2.45) is 0 Å². The van der Waals surface area contributed by atoms with E-state index in [0.717, 1.165) is 0 Å². The number of carboxylic acids is 1. The van der Waals surface area contributed by atoms with Gasteiger partial charge in [0.15, 0.2) is 6.04 Å². The molecule has 7 heteroatoms. The van der Waals surface area contributed by atoms with Gasteiger partial charge >= 0.3 is 5.97 Å². The quantitative estimate of drug-likeness (QED) is 0.803. The second kappa shape index (κ2) is 7.85. The van der Waals surface area contributed by atoms with Crippen molar-refractivity contribution in [3.8, 4) is 5.75 Å². The molecule has 1 amide bonds. The van der Waals surface area contributed by atoms with Crippen molar-refractivity contribution < 1.29 is 24.2 Å². The number of carboxylic acid groups (broad SMARTS) is 1. The van der Waals surface area contributed by atoms with Gasteiger partial charge in [0.1, 0.15) is 5.75 Å². The van der Waals surface area contributed by atoms with Gasteiger partial charge in [0.25, 0.3) is 5.91 Å². The van der Waals surface area contributed by atoms with Crippen LogP contribution in [0.3, 0.4) is 0 Å². The molecular formula is C14H18ClNO5. The summed E-state index contributed by atoms with van der Waals surface area (Å²) in [7, 11) is 1.36. The van der Waals surface area contributed by atoms with Crippen LogP contribution < -0.4 is 10.1 Å². The van der Waals surface area contributed by atoms with Crippen molar-refractivity contribution in [1.29, 1.82) is 0 Å². The Morgan fingerprint density at radius 3 is 2.57 bits per heavy atom. The zero-order valence-electron chi connectivity index (χ0n) is 12.1. The summed E-state index contributed by atoms with van der Waals surface area (Å²) in [5, 5.41) is 11.7. The topological polar surface area (TPSA) is 84.9 Å². The van der Waals surface area contributed by atoms with Gasteiger partial charge in [-0.25, -0.2) is 4.79 Å². The smallest absolute Gasteiger partial charge is 0.328 e. The summed E-state index contributed by atoms with van der Waals surface area (Å²) < 4.78 is 10.3. The van der Waals surface area contributed by atoms with Gasteiger partial charge in [0, 0.05) is 12.1 Å². The lowest BCUT2D eigenvalue weighted by atomic mass is 10.1. The van der Waals surface area contributed by atoms with Crippen LogP contribution in [0.25, 0.3) is 0 Å². The molecule has 1 atom stereocenters. The van der Waals surface area contributed by atoms with Crippen LogP contribution in [-0.4, -0.2) is 42.8 Å². The van der Waals surface area contributed by atoms with Crippen LogP contribution >= 0.6 is 11.6 Å². The molecule has 0 fully saturated rings. The van der Waals surface area contributed by atoms with Crippen molar-refractivity contribution in [3.05, 3.63) is 28.8 Å². The number of nitrogens with one attached hydrogen (secondary N) is 1. The van der Waals surface area contributed by atoms with Gasteiger partial charge in [-0.15, -0.1) is 0 Å². The van der Waals surface area contributed by atoms with E-state index in [1.54, 1.807) is 12.1 Å². The Balaban J connectivity index is 2.99. The standard InChI is InChI=1S/C14H18ClNO5/c1-8(2)21-12-5-4-9(15)6-10(12)13(17)16-11(7-20-3)14(18)19/h4-6,8,11H,7H2,1-3H3,(H,16,17)(H,18,19). The molecule has 1 rings (SSSR count). The number of halogens is 1. The van der Waals surface area contributed by atoms with Crippen molar-refractivity contribution in [2.45, 2.75) is 26.0 Å². The van der Waals surface area contributed by atoms with Gasteiger partial charge in [0.05, 0.1) is 18.3 Å². The number of hydrogen-bond donors (Lipinski definition) is 2. The van der Waals surface area contributed by atoms with Crippen LogP contribution in [0.5, 0.6) is 5.75 Å². The molecule has 0 aliphatic rings. The van der Waals surface area contributed by atoms with Gasteiger partial charge in [-0.3, -0.25) is 4.79 Å². The lowest BCUT2D eigenvalue weighted by Gasteiger charge is -2.17. The van der Waals surface area contributed by atoms with E-state index in [1.165, 1.54) is 13.2 Å². The highest BCUT2D eigenvalue weighted by Gasteiger charge is 2.23. The molecule has 6 nitrogen and oxygen atoms in total. The molecule has 0 aliphatic carbocycles. The molecule has 21 heavy (non-hydrogen) atoms. The predicted molar refractivity (Wildman–Crippen MR) is 78.0 cm³/mol. The molecule has 0 aliphatic heterocycles. The van der Waals surface area contributed by atoms with E-state index >= 15 is 0 Å². The molecule has 0 saturated heterocycles. The largest absolute Gasteiger partial charge is 0.490 e. The summed E-state index contributed by atoms with van der Waals surface area (Å²) in [6.45, 7) is 3.50. The SMILES string of the molecule is COCC(NC(=O)c1cc(Cl)ccc1OC(C)C)C(=O)O. The zero-order chi connectivity index (χ0) is 16.0. The molecule has 1 unspecified atom stereocenters. The van der Waals surface area contributed by atoms with Crippen molar-refractivity contribution in [2.75, 3.05) is 13.7 Å². The Bertz CT molecular complexity index is 518. The first-order valence-corrected chi connectivity index (χ1v) is 6.71. The van der Waals surface area contributed by atoms with Crippen molar-refractivity contribution in [1.82, 2.24) is 5.32 Å². The van der Waals surface area contributed by atoms with Crippen LogP contribution in [0.15, 0.2) is 18.2 Å². The molecule has 1 aromatic rings. The summed E-state index contributed by atoms with van der Waals surface area (Å²) in [5.74, 6) is -1.43. The van der Waals surface area contributed by atoms with Gasteiger partial charge < -0.3 is 19.9 Å². The minimum Gasteiger partial charge on any atom is -0.490 e. The Labute approximate surface area is 128 Å². The fourth-order valence-electron chi connectivity index (χ4n) is 1.61. The van der Waals surface area contributed by atoms with Gasteiger partial charge in [-0.05, 0) is 32.0 Å². The first-order chi connectivity index (χ1) is 9.85. The van der Waals surface area contributed by atoms with Gasteiger partial charge in [0.2, 0.25) is 0 Å². The average Bonchev–Trinajstić information content (AvgIpc) is 2.39. The number of benzene rings is 1. The summed E-state index contributed by atoms with van der Waals surface area (Å²) in [4.78, 5) is 23.3. The molecule has 0 spiro atoms. The third-order valence-electron chi connectivity index (χ3n) is 2.49. The first kappa shape index (κ1) is 17.3. The number of amides is 1. The molecule has 0 heterocycles. The Hall–Kier alpha value is -1.79. The number of carbonyl (C=O) groups is 2. The summed E-state index contributed by atoms with van der Waals surface area (Å²) >= 11 is 5.88. The number of ether oxygens (including phenoxy) is 2. The van der Waals surface area contributed by atoms with Crippen LogP contribution in [-0.2, 0) is 9.53 Å². The molecule has 0 bridgehead atoms. The van der Waals surface area contributed by atoms with Crippen LogP contribution in [0.4, 0.5) is 0 Å². The van der Waals surface area contributed by atoms with E-state index in [4.69, 9.17) is 26.2 Å². The lowest BCUT2D eigenvalue weighted by Crippen LogP contribution is -2.43. The van der Waals surface area contributed by atoms with Crippen molar-refractivity contribution >= 4 is 23.5 Å². The molecule has 0 radical (unpaired) electrons. The molecule has 0 aromatic heterocycles. The van der Waals surface area contributed by atoms with Crippen LogP contribution in [0.2, 0.25) is 5.02 Å². The number of rotatable bonds is 7. The van der Waals surface area contributed by atoms with Gasteiger partial charge in [-0.2, -0.15) is 0 Å². The summed E-state index contributed by atoms with van der Waals surface area (Å²) in [6.07, 6.45) is -0.132. The fourth-order valence-corrected chi connectivity index (χ4v) is 1.79. The van der Waals surface area contributed by atoms with Crippen molar-refractivity contribution in [3.63, 3.8) is 0 Å². The highest BCUT2D eigenvalue weighted by Crippen LogP contribution is 2.24. The van der Waals surface area contributed by atoms with E-state index in [9.17, 15) is 9.59 Å². The maximum absolute atomic E-state index is 12.2. The summed E-state index contributed by atoms with van der Waals surface area (Å²) in [6, 6.07) is 3.46. The van der Waals surface area contributed by atoms with E-state index in [-0.39, 0.29) is 18.3 Å². The van der Waals surface area contributed by atoms with E-state index in [1.807, 2.05) is 13.8 Å². The number of methoxy groups -OCH3 is 1. The second-order valence-corrected chi connectivity index (χ2v) is 5.06. The normalized spacial score (nSPS) is 12.0. The van der Waals surface area contributed by atoms with E-state index in [2.05, 4.69) is 5.32 Å². The number of hydrogen-bond acceptors (Lipinski definition) is 4. The molecular weight excluding hydrogens is 298 g/mol. The Morgan fingerprint density at radius 1 is 1.38 bits per heavy atom. The van der Waals surface area contributed by atoms with Crippen LogP contribution in [0, 0.1) is 0 Å². The molecule has 2 N–H and O–H groups in total. The lowest BCUT2D eigenvalue weighted by molar-refractivity contribution is -0.140. The summed E-state index contributed by atoms with van der Waals surface area (Å²) in [5.41, 5.74) is 0.179. The van der Waals surface area contributed by atoms with Crippen LogP contribution in [0.1, 0.15) is 24.2 Å². The molecule has 1 aromatic carbocycles. The Kier molecular flexibility index (Phi) is 6.45. The van der Waals surface area contributed by atoms with E-state index in [0.29, 0.717) is 10.8 Å². The number of aliphatic carboxylic acids is 1. The third kappa shape index (κ3) is 5.24. The maximum atomic E-state index is 12.2. The predicted octanol–water partition coefficient (Wildman–Crippen LogP) is 1.96. The number of carbonyl (C=O) groups excluding carboxylic acids is 1. The molecule has 0 saturated carbocycles. The Morgan fingerprint density at radius 2 is 2.05 bits per heavy atom. The molecule has 116 valence electrons. The average molecular weight is 316 g/mol. The highest BCUT2D eigenvalue weighted by molar-refractivity contribution is 6.31. The minimum atomic E-state index is -1.18. The minimum absolute atomic E-state index is 0.132.